The summed E-state index contributed by atoms with van der Waals surface area (Å²) in [6.07, 6.45) is 7.44. The summed E-state index contributed by atoms with van der Waals surface area (Å²) in [6.45, 7) is 0. The van der Waals surface area contributed by atoms with Gasteiger partial charge in [-0.3, -0.25) is 9.11 Å². The second-order valence-electron chi connectivity index (χ2n) is 6.57. The molecule has 11 heteroatoms. The molecule has 0 bridgehead atoms. The van der Waals surface area contributed by atoms with E-state index in [1.54, 1.807) is 42.5 Å². The number of rotatable bonds is 5. The number of hydrogen-bond donors (Lipinski definition) is 4. The molecule has 3 rings (SSSR count). The van der Waals surface area contributed by atoms with Crippen LogP contribution < -0.4 is 11.1 Å². The second-order valence-corrected chi connectivity index (χ2v) is 10.1. The van der Waals surface area contributed by atoms with Crippen LogP contribution in [0.5, 0.6) is 0 Å². The minimum Gasteiger partial charge on any atom is -0.351 e. The maximum Gasteiger partial charge on any atom is 0.316 e. The number of carbonyl (C=O) groups excluding carboxylic acids is 1. The zero-order valence-electron chi connectivity index (χ0n) is 16.6. The van der Waals surface area contributed by atoms with Crippen LogP contribution in [0.1, 0.15) is 5.56 Å². The third kappa shape index (κ3) is 6.14. The van der Waals surface area contributed by atoms with Gasteiger partial charge in [-0.25, -0.2) is 4.79 Å². The van der Waals surface area contributed by atoms with Gasteiger partial charge in [0.2, 0.25) is 4.08 Å². The number of para-hydroxylation sites is 1. The first kappa shape index (κ1) is 25.0. The minimum absolute atomic E-state index is 0.536. The summed E-state index contributed by atoms with van der Waals surface area (Å²) in [5.74, 6) is -1.28. The quantitative estimate of drug-likeness (QED) is 0.480. The highest BCUT2D eigenvalue weighted by Gasteiger charge is 2.57. The molecule has 9 nitrogen and oxygen atoms in total. The molecule has 1 aliphatic rings. The molecule has 1 atom stereocenters. The number of urea groups is 1. The van der Waals surface area contributed by atoms with Gasteiger partial charge in [0.05, 0.1) is 0 Å². The van der Waals surface area contributed by atoms with Gasteiger partial charge in [0.15, 0.2) is 0 Å². The fourth-order valence-electron chi connectivity index (χ4n) is 2.91. The Morgan fingerprint density at radius 2 is 1.44 bits per heavy atom. The molecule has 0 radical (unpaired) electrons. The topological polar surface area (TPSA) is 164 Å². The van der Waals surface area contributed by atoms with Crippen molar-refractivity contribution in [2.24, 2.45) is 11.7 Å². The SMILES string of the molecule is NC(=O)Nc1ccccc1.O=S(=O)(O)C1(S(=O)(=O)O)C=CC=CC1C=Cc1ccccc1. The minimum atomic E-state index is -5.13. The molecule has 0 fully saturated rings. The van der Waals surface area contributed by atoms with Gasteiger partial charge in [-0.2, -0.15) is 16.8 Å². The molecule has 0 spiro atoms. The molecule has 0 saturated heterocycles. The molecule has 0 aliphatic heterocycles. The first-order valence-corrected chi connectivity index (χ1v) is 12.0. The van der Waals surface area contributed by atoms with E-state index < -0.39 is 36.3 Å². The Bertz CT molecular complexity index is 1190. The van der Waals surface area contributed by atoms with Crippen LogP contribution in [0.3, 0.4) is 0 Å². The Labute approximate surface area is 186 Å². The maximum absolute atomic E-state index is 11.7. The molecule has 1 aliphatic carbocycles. The number of hydrogen-bond acceptors (Lipinski definition) is 5. The van der Waals surface area contributed by atoms with Gasteiger partial charge in [-0.05, 0) is 23.8 Å². The highest BCUT2D eigenvalue weighted by atomic mass is 32.3. The zero-order chi connectivity index (χ0) is 23.8. The van der Waals surface area contributed by atoms with Crippen LogP contribution in [0.2, 0.25) is 0 Å². The standard InChI is InChI=1S/C14H14O6S2.C7H8N2O/c15-21(16,17)14(22(18,19)20)11-5-4-8-13(14)10-9-12-6-2-1-3-7-12;8-7(10)9-6-4-2-1-3-5-6/h1-11,13H,(H,15,16,17)(H,18,19,20);1-5H,(H3,8,9,10). The number of carbonyl (C=O) groups is 1. The van der Waals surface area contributed by atoms with E-state index >= 15 is 0 Å². The number of benzene rings is 2. The van der Waals surface area contributed by atoms with E-state index in [0.717, 1.165) is 17.8 Å². The van der Waals surface area contributed by atoms with Gasteiger partial charge in [0.25, 0.3) is 20.2 Å². The normalized spacial score (nSPS) is 17.4. The zero-order valence-corrected chi connectivity index (χ0v) is 18.3. The first-order valence-electron chi connectivity index (χ1n) is 9.12. The summed E-state index contributed by atoms with van der Waals surface area (Å²) >= 11 is 0. The number of anilines is 1. The van der Waals surface area contributed by atoms with Crippen LogP contribution >= 0.6 is 0 Å². The predicted molar refractivity (Wildman–Crippen MR) is 123 cm³/mol. The Morgan fingerprint density at radius 1 is 0.906 bits per heavy atom. The van der Waals surface area contributed by atoms with Crippen LogP contribution in [-0.2, 0) is 20.2 Å². The predicted octanol–water partition coefficient (Wildman–Crippen LogP) is 3.09. The monoisotopic (exact) mass is 478 g/mol. The number of amides is 2. The van der Waals surface area contributed by atoms with Crippen molar-refractivity contribution in [3.05, 3.63) is 96.6 Å². The van der Waals surface area contributed by atoms with Crippen LogP contribution in [-0.4, -0.2) is 36.1 Å². The van der Waals surface area contributed by atoms with Crippen molar-refractivity contribution in [3.63, 3.8) is 0 Å². The molecule has 1 unspecified atom stereocenters. The van der Waals surface area contributed by atoms with E-state index in [4.69, 9.17) is 5.73 Å². The summed E-state index contributed by atoms with van der Waals surface area (Å²) in [7, 11) is -10.3. The Kier molecular flexibility index (Phi) is 8.11. The molecule has 2 aromatic carbocycles. The van der Waals surface area contributed by atoms with E-state index in [2.05, 4.69) is 5.32 Å². The van der Waals surface area contributed by atoms with Crippen molar-refractivity contribution in [2.45, 2.75) is 4.08 Å². The number of primary amides is 1. The van der Waals surface area contributed by atoms with Crippen molar-refractivity contribution >= 4 is 38.0 Å². The molecule has 2 aromatic rings. The van der Waals surface area contributed by atoms with Gasteiger partial charge < -0.3 is 11.1 Å². The molecule has 5 N–H and O–H groups in total. The lowest BCUT2D eigenvalue weighted by atomic mass is 9.98. The highest BCUT2D eigenvalue weighted by molar-refractivity contribution is 8.05. The largest absolute Gasteiger partial charge is 0.351 e. The Hall–Kier alpha value is -3.25. The van der Waals surface area contributed by atoms with Gasteiger partial charge >= 0.3 is 6.03 Å². The molecular formula is C21H22N2O7S2. The van der Waals surface area contributed by atoms with Crippen molar-refractivity contribution in [3.8, 4) is 0 Å². The number of allylic oxidation sites excluding steroid dienone is 4. The fraction of sp³-hybridized carbons (Fsp3) is 0.0952. The van der Waals surface area contributed by atoms with Gasteiger partial charge in [-0.15, -0.1) is 0 Å². The Morgan fingerprint density at radius 3 is 1.94 bits per heavy atom. The van der Waals surface area contributed by atoms with Crippen LogP contribution in [0.25, 0.3) is 6.08 Å². The smallest absolute Gasteiger partial charge is 0.316 e. The number of nitrogens with two attached hydrogens (primary N) is 1. The maximum atomic E-state index is 11.7. The average molecular weight is 479 g/mol. The van der Waals surface area contributed by atoms with Crippen molar-refractivity contribution < 1.29 is 30.7 Å². The lowest BCUT2D eigenvalue weighted by molar-refractivity contribution is 0.259. The average Bonchev–Trinajstić information content (AvgIpc) is 2.72. The van der Waals surface area contributed by atoms with Crippen LogP contribution in [0, 0.1) is 5.92 Å². The fourth-order valence-corrected chi connectivity index (χ4v) is 5.48. The van der Waals surface area contributed by atoms with E-state index in [1.807, 2.05) is 18.2 Å². The molecule has 170 valence electrons. The molecule has 0 saturated carbocycles. The molecular weight excluding hydrogens is 456 g/mol. The summed E-state index contributed by atoms with van der Waals surface area (Å²) in [6, 6.07) is 17.3. The van der Waals surface area contributed by atoms with Crippen LogP contribution in [0.4, 0.5) is 10.5 Å². The summed E-state index contributed by atoms with van der Waals surface area (Å²) in [5, 5.41) is 2.44. The lowest BCUT2D eigenvalue weighted by Crippen LogP contribution is -2.50. The van der Waals surface area contributed by atoms with Gasteiger partial charge in [0, 0.05) is 11.6 Å². The first-order chi connectivity index (χ1) is 15.0. The third-order valence-electron chi connectivity index (χ3n) is 4.37. The van der Waals surface area contributed by atoms with E-state index in [9.17, 15) is 30.7 Å². The van der Waals surface area contributed by atoms with E-state index in [-0.39, 0.29) is 0 Å². The molecule has 32 heavy (non-hydrogen) atoms. The summed E-state index contributed by atoms with van der Waals surface area (Å²) in [5.41, 5.74) is 6.31. The van der Waals surface area contributed by atoms with Crippen molar-refractivity contribution in [1.82, 2.24) is 0 Å². The summed E-state index contributed by atoms with van der Waals surface area (Å²) in [4.78, 5) is 10.3. The number of nitrogens with one attached hydrogen (secondary N) is 1. The van der Waals surface area contributed by atoms with Crippen molar-refractivity contribution in [2.75, 3.05) is 5.32 Å². The molecule has 0 heterocycles. The second kappa shape index (κ2) is 10.4. The van der Waals surface area contributed by atoms with E-state index in [0.29, 0.717) is 5.56 Å². The van der Waals surface area contributed by atoms with E-state index in [1.165, 1.54) is 24.3 Å². The van der Waals surface area contributed by atoms with Gasteiger partial charge in [-0.1, -0.05) is 78.9 Å². The third-order valence-corrected chi connectivity index (χ3v) is 8.06. The molecule has 0 aromatic heterocycles. The highest BCUT2D eigenvalue weighted by Crippen LogP contribution is 2.38. The molecule has 2 amide bonds. The van der Waals surface area contributed by atoms with Gasteiger partial charge in [0.1, 0.15) is 0 Å². The van der Waals surface area contributed by atoms with Crippen molar-refractivity contribution in [1.29, 1.82) is 0 Å². The summed E-state index contributed by atoms with van der Waals surface area (Å²) < 4.78 is 62.7. The van der Waals surface area contributed by atoms with Crippen LogP contribution in [0.15, 0.2) is 91.0 Å². The lowest BCUT2D eigenvalue weighted by Gasteiger charge is -2.30. The Balaban J connectivity index is 0.000000303.